The Morgan fingerprint density at radius 2 is 1.94 bits per heavy atom. The highest BCUT2D eigenvalue weighted by molar-refractivity contribution is 7.98. The van der Waals surface area contributed by atoms with Crippen LogP contribution >= 0.6 is 23.4 Å². The van der Waals surface area contributed by atoms with E-state index in [4.69, 9.17) is 17.3 Å². The van der Waals surface area contributed by atoms with Crippen molar-refractivity contribution in [3.8, 4) is 0 Å². The number of thioether (sulfide) groups is 1. The van der Waals surface area contributed by atoms with Crippen molar-refractivity contribution < 1.29 is 0 Å². The number of para-hydroxylation sites is 1. The first kappa shape index (κ1) is 11.3. The average molecular weight is 251 g/mol. The Hall–Kier alpha value is -1.19. The minimum absolute atomic E-state index is 0.527. The van der Waals surface area contributed by atoms with Crippen molar-refractivity contribution in [2.45, 2.75) is 10.6 Å². The Kier molecular flexibility index (Phi) is 3.70. The molecule has 0 aliphatic rings. The maximum absolute atomic E-state index is 5.85. The minimum Gasteiger partial charge on any atom is -0.398 e. The lowest BCUT2D eigenvalue weighted by molar-refractivity contribution is 1.17. The molecule has 2 rings (SSSR count). The Balaban J connectivity index is 2.05. The zero-order valence-electron chi connectivity index (χ0n) is 8.56. The van der Waals surface area contributed by atoms with Crippen molar-refractivity contribution in [1.82, 2.24) is 4.98 Å². The highest BCUT2D eigenvalue weighted by Crippen LogP contribution is 2.27. The predicted molar refractivity (Wildman–Crippen MR) is 69.7 cm³/mol. The van der Waals surface area contributed by atoms with Crippen LogP contribution in [0.25, 0.3) is 0 Å². The molecule has 0 spiro atoms. The number of pyridine rings is 1. The van der Waals surface area contributed by atoms with Gasteiger partial charge in [0.05, 0.1) is 5.69 Å². The van der Waals surface area contributed by atoms with Crippen LogP contribution < -0.4 is 5.73 Å². The third kappa shape index (κ3) is 2.90. The molecule has 0 amide bonds. The summed E-state index contributed by atoms with van der Waals surface area (Å²) < 4.78 is 0. The normalized spacial score (nSPS) is 10.3. The fourth-order valence-electron chi connectivity index (χ4n) is 1.29. The smallest absolute Gasteiger partial charge is 0.129 e. The first-order valence-electron chi connectivity index (χ1n) is 4.84. The van der Waals surface area contributed by atoms with Crippen LogP contribution in [0.5, 0.6) is 0 Å². The number of aromatic nitrogens is 1. The highest BCUT2D eigenvalue weighted by atomic mass is 35.5. The summed E-state index contributed by atoms with van der Waals surface area (Å²) in [7, 11) is 0. The third-order valence-corrected chi connectivity index (χ3v) is 3.40. The molecule has 4 heteroatoms. The quantitative estimate of drug-likeness (QED) is 0.514. The van der Waals surface area contributed by atoms with E-state index in [2.05, 4.69) is 4.98 Å². The molecule has 0 bridgehead atoms. The van der Waals surface area contributed by atoms with Crippen molar-refractivity contribution in [2.24, 2.45) is 0 Å². The Bertz CT molecular complexity index is 488. The van der Waals surface area contributed by atoms with E-state index in [9.17, 15) is 0 Å². The number of rotatable bonds is 3. The Labute approximate surface area is 104 Å². The van der Waals surface area contributed by atoms with Crippen LogP contribution in [0.15, 0.2) is 47.4 Å². The molecule has 0 radical (unpaired) electrons. The third-order valence-electron chi connectivity index (χ3n) is 2.07. The van der Waals surface area contributed by atoms with E-state index in [1.165, 1.54) is 0 Å². The summed E-state index contributed by atoms with van der Waals surface area (Å²) >= 11 is 7.48. The van der Waals surface area contributed by atoms with E-state index in [1.54, 1.807) is 17.8 Å². The van der Waals surface area contributed by atoms with E-state index in [-0.39, 0.29) is 0 Å². The highest BCUT2D eigenvalue weighted by Gasteiger charge is 2.01. The first-order chi connectivity index (χ1) is 7.75. The fraction of sp³-hybridized carbons (Fsp3) is 0.0833. The van der Waals surface area contributed by atoms with Gasteiger partial charge >= 0.3 is 0 Å². The van der Waals surface area contributed by atoms with Gasteiger partial charge in [-0.15, -0.1) is 11.8 Å². The zero-order valence-corrected chi connectivity index (χ0v) is 10.1. The second-order valence-corrected chi connectivity index (χ2v) is 4.68. The van der Waals surface area contributed by atoms with Gasteiger partial charge in [-0.1, -0.05) is 29.8 Å². The SMILES string of the molecule is Nc1ccccc1SCc1cccc(Cl)n1. The molecular formula is C12H11ClN2S. The maximum atomic E-state index is 5.85. The van der Waals surface area contributed by atoms with Crippen LogP contribution in [-0.4, -0.2) is 4.98 Å². The van der Waals surface area contributed by atoms with Gasteiger partial charge in [0.15, 0.2) is 0 Å². The average Bonchev–Trinajstić information content (AvgIpc) is 2.28. The lowest BCUT2D eigenvalue weighted by atomic mass is 10.3. The number of anilines is 1. The summed E-state index contributed by atoms with van der Waals surface area (Å²) in [6.45, 7) is 0. The molecule has 0 atom stereocenters. The molecule has 1 aromatic heterocycles. The van der Waals surface area contributed by atoms with Crippen molar-refractivity contribution in [1.29, 1.82) is 0 Å². The largest absolute Gasteiger partial charge is 0.398 e. The standard InChI is InChI=1S/C12H11ClN2S/c13-12-7-3-4-9(15-12)8-16-11-6-2-1-5-10(11)14/h1-7H,8,14H2. The van der Waals surface area contributed by atoms with Crippen LogP contribution in [-0.2, 0) is 5.75 Å². The van der Waals surface area contributed by atoms with E-state index in [1.807, 2.05) is 36.4 Å². The molecule has 1 heterocycles. The Morgan fingerprint density at radius 1 is 1.12 bits per heavy atom. The molecule has 0 saturated carbocycles. The molecule has 1 aromatic carbocycles. The van der Waals surface area contributed by atoms with Crippen LogP contribution in [0.4, 0.5) is 5.69 Å². The van der Waals surface area contributed by atoms with Gasteiger partial charge in [0.1, 0.15) is 5.15 Å². The molecule has 82 valence electrons. The van der Waals surface area contributed by atoms with E-state index in [0.29, 0.717) is 5.15 Å². The van der Waals surface area contributed by atoms with Crippen molar-refractivity contribution in [2.75, 3.05) is 5.73 Å². The van der Waals surface area contributed by atoms with E-state index in [0.717, 1.165) is 22.0 Å². The van der Waals surface area contributed by atoms with Crippen LogP contribution in [0.1, 0.15) is 5.69 Å². The van der Waals surface area contributed by atoms with Crippen LogP contribution in [0, 0.1) is 0 Å². The molecule has 0 fully saturated rings. The van der Waals surface area contributed by atoms with Gasteiger partial charge in [-0.2, -0.15) is 0 Å². The molecule has 2 N–H and O–H groups in total. The number of hydrogen-bond donors (Lipinski definition) is 1. The number of benzene rings is 1. The summed E-state index contributed by atoms with van der Waals surface area (Å²) in [5.41, 5.74) is 7.61. The summed E-state index contributed by atoms with van der Waals surface area (Å²) in [6.07, 6.45) is 0. The Morgan fingerprint density at radius 3 is 2.69 bits per heavy atom. The molecular weight excluding hydrogens is 240 g/mol. The lowest BCUT2D eigenvalue weighted by Gasteiger charge is -2.04. The topological polar surface area (TPSA) is 38.9 Å². The summed E-state index contributed by atoms with van der Waals surface area (Å²) in [6, 6.07) is 13.4. The van der Waals surface area contributed by atoms with Gasteiger partial charge in [-0.3, -0.25) is 0 Å². The van der Waals surface area contributed by atoms with Crippen molar-refractivity contribution in [3.63, 3.8) is 0 Å². The molecule has 2 aromatic rings. The van der Waals surface area contributed by atoms with Gasteiger partial charge in [0.25, 0.3) is 0 Å². The van der Waals surface area contributed by atoms with Gasteiger partial charge in [-0.05, 0) is 24.3 Å². The van der Waals surface area contributed by atoms with Crippen molar-refractivity contribution in [3.05, 3.63) is 53.3 Å². The number of nitrogens with two attached hydrogens (primary N) is 1. The van der Waals surface area contributed by atoms with Gasteiger partial charge in [0, 0.05) is 16.3 Å². The monoisotopic (exact) mass is 250 g/mol. The minimum atomic E-state index is 0.527. The lowest BCUT2D eigenvalue weighted by Crippen LogP contribution is -1.90. The van der Waals surface area contributed by atoms with E-state index < -0.39 is 0 Å². The van der Waals surface area contributed by atoms with Crippen molar-refractivity contribution >= 4 is 29.1 Å². The number of nitrogens with zero attached hydrogens (tertiary/aromatic N) is 1. The zero-order chi connectivity index (χ0) is 11.4. The molecule has 2 nitrogen and oxygen atoms in total. The first-order valence-corrected chi connectivity index (χ1v) is 6.21. The molecule has 0 aliphatic heterocycles. The molecule has 0 aliphatic carbocycles. The summed E-state index contributed by atoms with van der Waals surface area (Å²) in [4.78, 5) is 5.30. The number of halogens is 1. The molecule has 0 saturated heterocycles. The second kappa shape index (κ2) is 5.23. The van der Waals surface area contributed by atoms with Gasteiger partial charge in [-0.25, -0.2) is 4.98 Å². The predicted octanol–water partition coefficient (Wildman–Crippen LogP) is 3.61. The summed E-state index contributed by atoms with van der Waals surface area (Å²) in [5, 5.41) is 0.527. The van der Waals surface area contributed by atoms with Gasteiger partial charge in [0.2, 0.25) is 0 Å². The molecule has 16 heavy (non-hydrogen) atoms. The van der Waals surface area contributed by atoms with Crippen LogP contribution in [0.3, 0.4) is 0 Å². The number of nitrogen functional groups attached to an aromatic ring is 1. The van der Waals surface area contributed by atoms with E-state index >= 15 is 0 Å². The number of hydrogen-bond acceptors (Lipinski definition) is 3. The van der Waals surface area contributed by atoms with Gasteiger partial charge < -0.3 is 5.73 Å². The maximum Gasteiger partial charge on any atom is 0.129 e. The molecule has 0 unspecified atom stereocenters. The fourth-order valence-corrected chi connectivity index (χ4v) is 2.35. The summed E-state index contributed by atoms with van der Waals surface area (Å²) in [5.74, 6) is 0.773. The second-order valence-electron chi connectivity index (χ2n) is 3.28. The van der Waals surface area contributed by atoms with Crippen LogP contribution in [0.2, 0.25) is 5.15 Å².